The van der Waals surface area contributed by atoms with Crippen LogP contribution in [0.15, 0.2) is 18.2 Å². The Kier molecular flexibility index (Phi) is 3.89. The zero-order valence-electron chi connectivity index (χ0n) is 12.7. The molecule has 0 radical (unpaired) electrons. The number of nitrogens with one attached hydrogen (secondary N) is 1. The third-order valence-corrected chi connectivity index (χ3v) is 4.95. The van der Waals surface area contributed by atoms with Gasteiger partial charge in [-0.3, -0.25) is 4.79 Å². The number of benzene rings is 1. The number of carbonyl (C=O) groups excluding carboxylic acids is 1. The van der Waals surface area contributed by atoms with E-state index in [2.05, 4.69) is 12.2 Å². The molecule has 114 valence electrons. The van der Waals surface area contributed by atoms with E-state index < -0.39 is 0 Å². The standard InChI is InChI=1S/C17H24N2O2/c1-12-4-7-17(11-18,8-5-12)19-16(20)14-2-3-15-13(10-14)6-9-21-15/h2-3,10,12H,4-9,11,18H2,1H3,(H,19,20). The van der Waals surface area contributed by atoms with Gasteiger partial charge in [0, 0.05) is 18.5 Å². The summed E-state index contributed by atoms with van der Waals surface area (Å²) in [5.41, 5.74) is 7.58. The molecule has 3 N–H and O–H groups in total. The SMILES string of the molecule is CC1CCC(CN)(NC(=O)c2ccc3c(c2)CCO3)CC1. The molecule has 0 aromatic heterocycles. The van der Waals surface area contributed by atoms with Gasteiger partial charge in [0.25, 0.3) is 5.91 Å². The lowest BCUT2D eigenvalue weighted by Crippen LogP contribution is -2.55. The molecule has 1 fully saturated rings. The Labute approximate surface area is 126 Å². The van der Waals surface area contributed by atoms with Crippen LogP contribution in [0, 0.1) is 5.92 Å². The van der Waals surface area contributed by atoms with E-state index in [9.17, 15) is 4.79 Å². The van der Waals surface area contributed by atoms with Crippen molar-refractivity contribution in [1.82, 2.24) is 5.32 Å². The van der Waals surface area contributed by atoms with Gasteiger partial charge in [-0.1, -0.05) is 6.92 Å². The van der Waals surface area contributed by atoms with E-state index in [1.807, 2.05) is 18.2 Å². The highest BCUT2D eigenvalue weighted by Gasteiger charge is 2.34. The smallest absolute Gasteiger partial charge is 0.251 e. The number of ether oxygens (including phenoxy) is 1. The third kappa shape index (κ3) is 2.91. The Hall–Kier alpha value is -1.55. The van der Waals surface area contributed by atoms with Gasteiger partial charge in [0.1, 0.15) is 5.75 Å². The minimum atomic E-state index is -0.223. The molecule has 4 heteroatoms. The highest BCUT2D eigenvalue weighted by molar-refractivity contribution is 5.95. The molecule has 1 aliphatic heterocycles. The van der Waals surface area contributed by atoms with Crippen molar-refractivity contribution in [3.63, 3.8) is 0 Å². The van der Waals surface area contributed by atoms with E-state index in [0.717, 1.165) is 49.3 Å². The average Bonchev–Trinajstić information content (AvgIpc) is 2.97. The van der Waals surface area contributed by atoms with Crippen LogP contribution >= 0.6 is 0 Å². The summed E-state index contributed by atoms with van der Waals surface area (Å²) in [6.07, 6.45) is 5.11. The fourth-order valence-electron chi connectivity index (χ4n) is 3.34. The van der Waals surface area contributed by atoms with Crippen molar-refractivity contribution in [1.29, 1.82) is 0 Å². The van der Waals surface area contributed by atoms with E-state index in [4.69, 9.17) is 10.5 Å². The summed E-state index contributed by atoms with van der Waals surface area (Å²) in [7, 11) is 0. The summed E-state index contributed by atoms with van der Waals surface area (Å²) >= 11 is 0. The first kappa shape index (κ1) is 14.4. The van der Waals surface area contributed by atoms with Crippen LogP contribution in [0.5, 0.6) is 5.75 Å². The van der Waals surface area contributed by atoms with Gasteiger partial charge < -0.3 is 15.8 Å². The minimum absolute atomic E-state index is 0.00953. The third-order valence-electron chi connectivity index (χ3n) is 4.95. The lowest BCUT2D eigenvalue weighted by atomic mass is 9.77. The van der Waals surface area contributed by atoms with Crippen LogP contribution in [0.2, 0.25) is 0 Å². The summed E-state index contributed by atoms with van der Waals surface area (Å²) in [4.78, 5) is 12.6. The van der Waals surface area contributed by atoms with Crippen LogP contribution in [0.25, 0.3) is 0 Å². The van der Waals surface area contributed by atoms with Gasteiger partial charge in [0.05, 0.1) is 12.1 Å². The second-order valence-corrected chi connectivity index (χ2v) is 6.54. The minimum Gasteiger partial charge on any atom is -0.493 e. The predicted octanol–water partition coefficient (Wildman–Crippen LogP) is 2.26. The fourth-order valence-corrected chi connectivity index (χ4v) is 3.34. The monoisotopic (exact) mass is 288 g/mol. The first-order valence-corrected chi connectivity index (χ1v) is 7.90. The molecule has 0 spiro atoms. The van der Waals surface area contributed by atoms with Crippen molar-refractivity contribution >= 4 is 5.91 Å². The number of nitrogens with two attached hydrogens (primary N) is 1. The molecule has 4 nitrogen and oxygen atoms in total. The molecule has 2 aliphatic rings. The van der Waals surface area contributed by atoms with Crippen molar-refractivity contribution in [2.45, 2.75) is 44.6 Å². The second kappa shape index (κ2) is 5.68. The number of hydrogen-bond acceptors (Lipinski definition) is 3. The molecular formula is C17H24N2O2. The Bertz CT molecular complexity index is 534. The number of hydrogen-bond donors (Lipinski definition) is 2. The average molecular weight is 288 g/mol. The maximum absolute atomic E-state index is 12.6. The molecule has 1 heterocycles. The van der Waals surface area contributed by atoms with E-state index in [-0.39, 0.29) is 11.4 Å². The van der Waals surface area contributed by atoms with E-state index in [1.165, 1.54) is 0 Å². The molecule has 21 heavy (non-hydrogen) atoms. The first-order valence-electron chi connectivity index (χ1n) is 7.90. The predicted molar refractivity (Wildman–Crippen MR) is 82.5 cm³/mol. The van der Waals surface area contributed by atoms with Gasteiger partial charge in [-0.05, 0) is 55.4 Å². The van der Waals surface area contributed by atoms with Gasteiger partial charge in [0.15, 0.2) is 0 Å². The molecule has 0 atom stereocenters. The van der Waals surface area contributed by atoms with Gasteiger partial charge in [-0.15, -0.1) is 0 Å². The quantitative estimate of drug-likeness (QED) is 0.896. The molecule has 1 amide bonds. The molecular weight excluding hydrogens is 264 g/mol. The van der Waals surface area contributed by atoms with Crippen molar-refractivity contribution < 1.29 is 9.53 Å². The fraction of sp³-hybridized carbons (Fsp3) is 0.588. The number of fused-ring (bicyclic) bond motifs is 1. The Morgan fingerprint density at radius 2 is 2.19 bits per heavy atom. The molecule has 1 aromatic carbocycles. The van der Waals surface area contributed by atoms with Crippen molar-refractivity contribution in [2.75, 3.05) is 13.2 Å². The molecule has 0 bridgehead atoms. The summed E-state index contributed by atoms with van der Waals surface area (Å²) in [6, 6.07) is 5.69. The summed E-state index contributed by atoms with van der Waals surface area (Å²) in [5.74, 6) is 1.63. The second-order valence-electron chi connectivity index (χ2n) is 6.54. The zero-order valence-corrected chi connectivity index (χ0v) is 12.7. The number of rotatable bonds is 3. The van der Waals surface area contributed by atoms with Crippen molar-refractivity contribution in [2.24, 2.45) is 11.7 Å². The Balaban J connectivity index is 1.73. The molecule has 1 saturated carbocycles. The Morgan fingerprint density at radius 1 is 1.43 bits per heavy atom. The van der Waals surface area contributed by atoms with Gasteiger partial charge in [-0.2, -0.15) is 0 Å². The molecule has 1 aliphatic carbocycles. The van der Waals surface area contributed by atoms with Gasteiger partial charge in [0.2, 0.25) is 0 Å². The topological polar surface area (TPSA) is 64.3 Å². The highest BCUT2D eigenvalue weighted by atomic mass is 16.5. The van der Waals surface area contributed by atoms with Crippen LogP contribution < -0.4 is 15.8 Å². The zero-order chi connectivity index (χ0) is 14.9. The molecule has 3 rings (SSSR count). The summed E-state index contributed by atoms with van der Waals surface area (Å²) in [5, 5.41) is 3.21. The lowest BCUT2D eigenvalue weighted by Gasteiger charge is -2.39. The van der Waals surface area contributed by atoms with Gasteiger partial charge in [-0.25, -0.2) is 0 Å². The van der Waals surface area contributed by atoms with Crippen LogP contribution in [-0.4, -0.2) is 24.6 Å². The molecule has 0 saturated heterocycles. The first-order chi connectivity index (χ1) is 10.1. The van der Waals surface area contributed by atoms with E-state index >= 15 is 0 Å². The molecule has 0 unspecified atom stereocenters. The van der Waals surface area contributed by atoms with Crippen LogP contribution in [0.1, 0.15) is 48.5 Å². The maximum atomic E-state index is 12.6. The normalized spacial score (nSPS) is 27.8. The maximum Gasteiger partial charge on any atom is 0.251 e. The van der Waals surface area contributed by atoms with Gasteiger partial charge >= 0.3 is 0 Å². The van der Waals surface area contributed by atoms with Crippen LogP contribution in [0.3, 0.4) is 0 Å². The Morgan fingerprint density at radius 3 is 2.90 bits per heavy atom. The van der Waals surface area contributed by atoms with Crippen molar-refractivity contribution in [3.05, 3.63) is 29.3 Å². The number of amides is 1. The van der Waals surface area contributed by atoms with Crippen molar-refractivity contribution in [3.8, 4) is 5.75 Å². The summed E-state index contributed by atoms with van der Waals surface area (Å²) < 4.78 is 5.48. The van der Waals surface area contributed by atoms with Crippen LogP contribution in [0.4, 0.5) is 0 Å². The largest absolute Gasteiger partial charge is 0.493 e. The highest BCUT2D eigenvalue weighted by Crippen LogP contribution is 2.32. The summed E-state index contributed by atoms with van der Waals surface area (Å²) in [6.45, 7) is 3.49. The lowest BCUT2D eigenvalue weighted by molar-refractivity contribution is 0.0860. The number of carbonyl (C=O) groups is 1. The molecule has 1 aromatic rings. The van der Waals surface area contributed by atoms with Crippen LogP contribution in [-0.2, 0) is 6.42 Å². The van der Waals surface area contributed by atoms with E-state index in [1.54, 1.807) is 0 Å². The van der Waals surface area contributed by atoms with E-state index in [0.29, 0.717) is 18.7 Å².